The topological polar surface area (TPSA) is 158 Å². The Morgan fingerprint density at radius 2 is 1.49 bits per heavy atom. The molecule has 7 N–H and O–H groups in total. The summed E-state index contributed by atoms with van der Waals surface area (Å²) in [6.07, 6.45) is 5.05. The fourth-order valence-corrected chi connectivity index (χ4v) is 5.88. The molecule has 0 aliphatic carbocycles. The molecule has 0 spiro atoms. The Hall–Kier alpha value is -4.18. The normalized spacial score (nSPS) is 22.5. The zero-order valence-corrected chi connectivity index (χ0v) is 26.4. The number of H-pyrrole nitrogens is 1. The van der Waals surface area contributed by atoms with Crippen molar-refractivity contribution < 1.29 is 19.2 Å². The Bertz CT molecular complexity index is 1420. The van der Waals surface area contributed by atoms with Gasteiger partial charge in [0.05, 0.1) is 11.8 Å². The van der Waals surface area contributed by atoms with Gasteiger partial charge in [0.1, 0.15) is 0 Å². The second kappa shape index (κ2) is 16.8. The Kier molecular flexibility index (Phi) is 12.6. The van der Waals surface area contributed by atoms with E-state index in [0.717, 1.165) is 34.9 Å². The summed E-state index contributed by atoms with van der Waals surface area (Å²) in [6, 6.07) is 16.8. The van der Waals surface area contributed by atoms with Gasteiger partial charge in [0.2, 0.25) is 23.6 Å². The van der Waals surface area contributed by atoms with Crippen LogP contribution in [0.3, 0.4) is 0 Å². The lowest BCUT2D eigenvalue weighted by Crippen LogP contribution is -2.49. The SMILES string of the molecule is CC(C)[C@H]1CC(=O)NC[C@H](Cc2ccccc2)C(=O)NC[C@H](Cc2c[nH]c3ccccc23)C(=O)N[C@@H](CCCCN)CC(=O)N1. The fraction of sp³-hybridized carbons (Fsp3) is 0.486. The highest BCUT2D eigenvalue weighted by molar-refractivity contribution is 5.87. The third-order valence-electron chi connectivity index (χ3n) is 8.62. The van der Waals surface area contributed by atoms with Gasteiger partial charge in [0.15, 0.2) is 0 Å². The quantitative estimate of drug-likeness (QED) is 0.204. The fourth-order valence-electron chi connectivity index (χ4n) is 5.88. The first-order valence-electron chi connectivity index (χ1n) is 16.2. The maximum atomic E-state index is 13.9. The largest absolute Gasteiger partial charge is 0.361 e. The Balaban J connectivity index is 1.62. The van der Waals surface area contributed by atoms with Crippen LogP contribution in [-0.2, 0) is 32.0 Å². The highest BCUT2D eigenvalue weighted by atomic mass is 16.2. The number of para-hydroxylation sites is 1. The van der Waals surface area contributed by atoms with Crippen molar-refractivity contribution in [2.45, 2.75) is 70.9 Å². The highest BCUT2D eigenvalue weighted by Crippen LogP contribution is 2.22. The van der Waals surface area contributed by atoms with Crippen molar-refractivity contribution in [2.24, 2.45) is 23.5 Å². The van der Waals surface area contributed by atoms with Crippen LogP contribution in [0, 0.1) is 17.8 Å². The predicted molar refractivity (Wildman–Crippen MR) is 176 cm³/mol. The summed E-state index contributed by atoms with van der Waals surface area (Å²) in [5.41, 5.74) is 8.65. The molecular weight excluding hydrogens is 568 g/mol. The number of carbonyl (C=O) groups is 4. The molecule has 0 saturated carbocycles. The molecule has 1 fully saturated rings. The smallest absolute Gasteiger partial charge is 0.225 e. The van der Waals surface area contributed by atoms with Crippen LogP contribution in [-0.4, -0.2) is 60.3 Å². The average molecular weight is 617 g/mol. The number of unbranched alkanes of at least 4 members (excludes halogenated alkanes) is 1. The zero-order chi connectivity index (χ0) is 32.2. The highest BCUT2D eigenvalue weighted by Gasteiger charge is 2.29. The lowest BCUT2D eigenvalue weighted by Gasteiger charge is -2.27. The summed E-state index contributed by atoms with van der Waals surface area (Å²) in [6.45, 7) is 4.69. The van der Waals surface area contributed by atoms with E-state index in [9.17, 15) is 19.2 Å². The van der Waals surface area contributed by atoms with Gasteiger partial charge in [-0.2, -0.15) is 0 Å². The number of aromatic nitrogens is 1. The van der Waals surface area contributed by atoms with E-state index in [2.05, 4.69) is 26.3 Å². The number of fused-ring (bicyclic) bond motifs is 1. The van der Waals surface area contributed by atoms with Crippen LogP contribution >= 0.6 is 0 Å². The van der Waals surface area contributed by atoms with Gasteiger partial charge in [-0.25, -0.2) is 0 Å². The van der Waals surface area contributed by atoms with E-state index in [1.54, 1.807) is 0 Å². The number of nitrogens with one attached hydrogen (secondary N) is 5. The minimum atomic E-state index is -0.587. The number of hydrogen-bond donors (Lipinski definition) is 6. The number of hydrogen-bond acceptors (Lipinski definition) is 5. The lowest BCUT2D eigenvalue weighted by molar-refractivity contribution is -0.128. The Labute approximate surface area is 265 Å². The minimum Gasteiger partial charge on any atom is -0.361 e. The van der Waals surface area contributed by atoms with Crippen molar-refractivity contribution >= 4 is 34.5 Å². The van der Waals surface area contributed by atoms with E-state index in [1.165, 1.54) is 0 Å². The Morgan fingerprint density at radius 1 is 0.778 bits per heavy atom. The van der Waals surface area contributed by atoms with E-state index in [1.807, 2.05) is 74.6 Å². The average Bonchev–Trinajstić information content (AvgIpc) is 3.43. The first-order chi connectivity index (χ1) is 21.7. The number of carbonyl (C=O) groups excluding carboxylic acids is 4. The third-order valence-corrected chi connectivity index (χ3v) is 8.62. The van der Waals surface area contributed by atoms with Crippen LogP contribution in [0.4, 0.5) is 0 Å². The number of nitrogens with two attached hydrogens (primary N) is 1. The van der Waals surface area contributed by atoms with Gasteiger partial charge in [-0.1, -0.05) is 68.8 Å². The number of amides is 4. The van der Waals surface area contributed by atoms with Gasteiger partial charge in [-0.05, 0) is 55.3 Å². The molecule has 4 rings (SSSR count). The molecule has 4 amide bonds. The van der Waals surface area contributed by atoms with Crippen molar-refractivity contribution in [1.82, 2.24) is 26.3 Å². The van der Waals surface area contributed by atoms with Gasteiger partial charge < -0.3 is 32.0 Å². The van der Waals surface area contributed by atoms with Crippen molar-refractivity contribution in [3.8, 4) is 0 Å². The van der Waals surface area contributed by atoms with Crippen LogP contribution in [0.5, 0.6) is 0 Å². The van der Waals surface area contributed by atoms with Gasteiger partial charge >= 0.3 is 0 Å². The molecule has 1 aromatic heterocycles. The van der Waals surface area contributed by atoms with Crippen LogP contribution in [0.25, 0.3) is 10.9 Å². The maximum absolute atomic E-state index is 13.9. The lowest BCUT2D eigenvalue weighted by atomic mass is 9.94. The summed E-state index contributed by atoms with van der Waals surface area (Å²) >= 11 is 0. The minimum absolute atomic E-state index is 0.00725. The first kappa shape index (κ1) is 33.7. The van der Waals surface area contributed by atoms with Crippen LogP contribution in [0.2, 0.25) is 0 Å². The second-order valence-electron chi connectivity index (χ2n) is 12.5. The van der Waals surface area contributed by atoms with Gasteiger partial charge in [-0.3, -0.25) is 19.2 Å². The van der Waals surface area contributed by atoms with Crippen molar-refractivity contribution in [3.05, 3.63) is 71.9 Å². The van der Waals surface area contributed by atoms with Crippen LogP contribution < -0.4 is 27.0 Å². The molecule has 1 saturated heterocycles. The van der Waals surface area contributed by atoms with Crippen molar-refractivity contribution in [2.75, 3.05) is 19.6 Å². The van der Waals surface area contributed by atoms with E-state index in [-0.39, 0.29) is 61.5 Å². The molecule has 10 heteroatoms. The summed E-state index contributed by atoms with van der Waals surface area (Å²) in [5, 5.41) is 13.2. The standard InChI is InChI=1S/C35H48N6O4/c1-23(2)31-19-32(42)38-21-26(16-24-10-4-3-5-11-24)34(44)39-22-27(17-25-20-37-30-14-7-6-13-29(25)30)35(45)40-28(12-8-9-15-36)18-33(43)41-31/h3-7,10-11,13-14,20,23,26-28,31,37H,8-9,12,15-19,21-22,36H2,1-2H3,(H,38,42)(H,39,44)(H,40,45)(H,41,43)/t26-,27-,28-,31+/m0/s1. The molecule has 2 aromatic carbocycles. The van der Waals surface area contributed by atoms with Crippen LogP contribution in [0.15, 0.2) is 60.8 Å². The zero-order valence-electron chi connectivity index (χ0n) is 26.4. The third kappa shape index (κ3) is 10.2. The molecule has 0 unspecified atom stereocenters. The van der Waals surface area contributed by atoms with E-state index >= 15 is 0 Å². The molecule has 4 atom stereocenters. The maximum Gasteiger partial charge on any atom is 0.225 e. The Morgan fingerprint density at radius 3 is 2.24 bits per heavy atom. The molecule has 45 heavy (non-hydrogen) atoms. The summed E-state index contributed by atoms with van der Waals surface area (Å²) < 4.78 is 0. The van der Waals surface area contributed by atoms with E-state index in [0.29, 0.717) is 25.8 Å². The summed E-state index contributed by atoms with van der Waals surface area (Å²) in [5.74, 6) is -2.00. The predicted octanol–water partition coefficient (Wildman–Crippen LogP) is 2.97. The summed E-state index contributed by atoms with van der Waals surface area (Å²) in [4.78, 5) is 57.2. The van der Waals surface area contributed by atoms with Gasteiger partial charge in [0, 0.05) is 55.1 Å². The van der Waals surface area contributed by atoms with Crippen molar-refractivity contribution in [3.63, 3.8) is 0 Å². The summed E-state index contributed by atoms with van der Waals surface area (Å²) in [7, 11) is 0. The molecule has 242 valence electrons. The molecule has 10 nitrogen and oxygen atoms in total. The molecule has 2 heterocycles. The van der Waals surface area contributed by atoms with Crippen molar-refractivity contribution in [1.29, 1.82) is 0 Å². The molecule has 1 aliphatic heterocycles. The van der Waals surface area contributed by atoms with Crippen LogP contribution in [0.1, 0.15) is 57.1 Å². The van der Waals surface area contributed by atoms with Gasteiger partial charge in [0.25, 0.3) is 0 Å². The van der Waals surface area contributed by atoms with Gasteiger partial charge in [-0.15, -0.1) is 0 Å². The molecule has 0 radical (unpaired) electrons. The second-order valence-corrected chi connectivity index (χ2v) is 12.5. The molecule has 3 aromatic rings. The number of rotatable bonds is 9. The van der Waals surface area contributed by atoms with E-state index < -0.39 is 17.9 Å². The first-order valence-corrected chi connectivity index (χ1v) is 16.2. The number of aromatic amines is 1. The van der Waals surface area contributed by atoms with E-state index in [4.69, 9.17) is 5.73 Å². The number of benzene rings is 2. The monoisotopic (exact) mass is 616 g/mol. The molecule has 1 aliphatic rings. The molecule has 0 bridgehead atoms. The molecular formula is C35H48N6O4.